The summed E-state index contributed by atoms with van der Waals surface area (Å²) in [7, 11) is 0. The summed E-state index contributed by atoms with van der Waals surface area (Å²) in [6, 6.07) is 2.18. The van der Waals surface area contributed by atoms with Gasteiger partial charge in [-0.25, -0.2) is 0 Å². The second-order valence-electron chi connectivity index (χ2n) is 4.14. The van der Waals surface area contributed by atoms with Crippen LogP contribution in [-0.2, 0) is 0 Å². The van der Waals surface area contributed by atoms with Gasteiger partial charge in [0.15, 0.2) is 11.5 Å². The predicted octanol–water partition coefficient (Wildman–Crippen LogP) is -0.835. The summed E-state index contributed by atoms with van der Waals surface area (Å²) in [6.45, 7) is 3.92. The van der Waals surface area contributed by atoms with Crippen LogP contribution in [0.2, 0.25) is 0 Å². The van der Waals surface area contributed by atoms with E-state index in [-0.39, 0.29) is 0 Å². The summed E-state index contributed by atoms with van der Waals surface area (Å²) in [4.78, 5) is 8.46. The molecule has 18 heavy (non-hydrogen) atoms. The van der Waals surface area contributed by atoms with Gasteiger partial charge in [-0.05, 0) is 10.4 Å². The van der Waals surface area contributed by atoms with Crippen LogP contribution in [0.3, 0.4) is 0 Å². The maximum atomic E-state index is 8.67. The van der Waals surface area contributed by atoms with Crippen molar-refractivity contribution in [2.24, 2.45) is 0 Å². The molecule has 1 fully saturated rings. The monoisotopic (exact) mass is 244 g/mol. The molecule has 0 spiro atoms. The summed E-state index contributed by atoms with van der Waals surface area (Å²) in [5, 5.41) is 20.1. The van der Waals surface area contributed by atoms with E-state index in [0.29, 0.717) is 12.2 Å². The maximum absolute atomic E-state index is 8.67. The Balaban J connectivity index is 1.80. The third-order valence-corrected chi connectivity index (χ3v) is 3.08. The van der Waals surface area contributed by atoms with Crippen LogP contribution in [0.1, 0.15) is 0 Å². The third-order valence-electron chi connectivity index (χ3n) is 3.08. The van der Waals surface area contributed by atoms with Gasteiger partial charge < -0.3 is 4.90 Å². The molecular weight excluding hydrogens is 232 g/mol. The molecule has 0 aliphatic carbocycles. The number of piperazine rings is 1. The number of rotatable bonds is 2. The summed E-state index contributed by atoms with van der Waals surface area (Å²) >= 11 is 0. The second kappa shape index (κ2) is 4.54. The molecule has 0 N–H and O–H groups in total. The van der Waals surface area contributed by atoms with E-state index in [0.717, 1.165) is 32.0 Å². The van der Waals surface area contributed by atoms with E-state index in [2.05, 4.69) is 36.4 Å². The molecule has 0 radical (unpaired) electrons. The number of hydrogen-bond acceptors (Lipinski definition) is 7. The number of aromatic nitrogens is 5. The fourth-order valence-electron chi connectivity index (χ4n) is 2.11. The molecule has 3 heterocycles. The van der Waals surface area contributed by atoms with Crippen LogP contribution in [0.25, 0.3) is 5.65 Å². The number of nitrogens with zero attached hydrogens (tertiary/aromatic N) is 8. The highest BCUT2D eigenvalue weighted by molar-refractivity contribution is 5.46. The van der Waals surface area contributed by atoms with Crippen molar-refractivity contribution in [3.05, 3.63) is 12.4 Å². The maximum Gasteiger partial charge on any atom is 0.199 e. The molecule has 0 atom stereocenters. The van der Waals surface area contributed by atoms with Crippen LogP contribution in [0, 0.1) is 11.3 Å². The lowest BCUT2D eigenvalue weighted by Gasteiger charge is -2.34. The van der Waals surface area contributed by atoms with Crippen molar-refractivity contribution in [3.63, 3.8) is 0 Å². The van der Waals surface area contributed by atoms with Crippen molar-refractivity contribution in [1.82, 2.24) is 29.9 Å². The molecule has 8 nitrogen and oxygen atoms in total. The Bertz CT molecular complexity index is 577. The lowest BCUT2D eigenvalue weighted by molar-refractivity contribution is 0.286. The molecule has 92 valence electrons. The Morgan fingerprint density at radius 3 is 2.83 bits per heavy atom. The van der Waals surface area contributed by atoms with Gasteiger partial charge in [-0.3, -0.25) is 9.88 Å². The van der Waals surface area contributed by atoms with Crippen molar-refractivity contribution >= 4 is 11.5 Å². The first kappa shape index (κ1) is 10.9. The minimum absolute atomic E-state index is 0.487. The Kier molecular flexibility index (Phi) is 2.74. The molecular formula is C10H12N8. The smallest absolute Gasteiger partial charge is 0.199 e. The van der Waals surface area contributed by atoms with E-state index in [4.69, 9.17) is 5.26 Å². The average Bonchev–Trinajstić information content (AvgIpc) is 2.88. The van der Waals surface area contributed by atoms with Crippen LogP contribution in [-0.4, -0.2) is 62.6 Å². The zero-order valence-corrected chi connectivity index (χ0v) is 9.77. The number of anilines is 1. The standard InChI is InChI=1S/C10H12N8/c11-1-2-16-3-5-17(6-4-16)10-8-12-7-9-13-14-15-18(9)10/h7-8H,2-6H2. The van der Waals surface area contributed by atoms with Crippen LogP contribution in [0.5, 0.6) is 0 Å². The summed E-state index contributed by atoms with van der Waals surface area (Å²) in [6.07, 6.45) is 3.40. The molecule has 1 saturated heterocycles. The Morgan fingerprint density at radius 2 is 2.06 bits per heavy atom. The minimum Gasteiger partial charge on any atom is -0.353 e. The van der Waals surface area contributed by atoms with E-state index in [9.17, 15) is 0 Å². The normalized spacial score (nSPS) is 16.9. The van der Waals surface area contributed by atoms with E-state index in [1.807, 2.05) is 0 Å². The molecule has 2 aromatic rings. The summed E-state index contributed by atoms with van der Waals surface area (Å²) in [5.41, 5.74) is 0.645. The predicted molar refractivity (Wildman–Crippen MR) is 62.8 cm³/mol. The molecule has 2 aromatic heterocycles. The number of hydrogen-bond donors (Lipinski definition) is 0. The van der Waals surface area contributed by atoms with Crippen LogP contribution in [0.4, 0.5) is 5.82 Å². The van der Waals surface area contributed by atoms with Gasteiger partial charge in [-0.15, -0.1) is 5.10 Å². The van der Waals surface area contributed by atoms with Gasteiger partial charge in [0.05, 0.1) is 25.0 Å². The van der Waals surface area contributed by atoms with Gasteiger partial charge in [-0.1, -0.05) is 0 Å². The van der Waals surface area contributed by atoms with Gasteiger partial charge in [-0.2, -0.15) is 9.78 Å². The first-order chi connectivity index (χ1) is 8.88. The lowest BCUT2D eigenvalue weighted by atomic mass is 10.3. The third kappa shape index (κ3) is 1.84. The number of fused-ring (bicyclic) bond motifs is 1. The Morgan fingerprint density at radius 1 is 1.22 bits per heavy atom. The fourth-order valence-corrected chi connectivity index (χ4v) is 2.11. The van der Waals surface area contributed by atoms with Gasteiger partial charge >= 0.3 is 0 Å². The molecule has 0 bridgehead atoms. The zero-order chi connectivity index (χ0) is 12.4. The number of tetrazole rings is 1. The molecule has 0 aromatic carbocycles. The fraction of sp³-hybridized carbons (Fsp3) is 0.500. The highest BCUT2D eigenvalue weighted by Crippen LogP contribution is 2.14. The lowest BCUT2D eigenvalue weighted by Crippen LogP contribution is -2.47. The zero-order valence-electron chi connectivity index (χ0n) is 9.77. The molecule has 1 aliphatic rings. The van der Waals surface area contributed by atoms with Crippen LogP contribution in [0.15, 0.2) is 12.4 Å². The average molecular weight is 244 g/mol. The first-order valence-electron chi connectivity index (χ1n) is 5.75. The molecule has 0 amide bonds. The summed E-state index contributed by atoms with van der Waals surface area (Å²) in [5.74, 6) is 0.897. The van der Waals surface area contributed by atoms with Crippen molar-refractivity contribution < 1.29 is 0 Å². The van der Waals surface area contributed by atoms with Crippen molar-refractivity contribution in [1.29, 1.82) is 5.26 Å². The van der Waals surface area contributed by atoms with Crippen LogP contribution < -0.4 is 4.90 Å². The van der Waals surface area contributed by atoms with E-state index in [1.54, 1.807) is 16.9 Å². The summed E-state index contributed by atoms with van der Waals surface area (Å²) < 4.78 is 1.69. The van der Waals surface area contributed by atoms with Gasteiger partial charge in [0, 0.05) is 26.2 Å². The molecule has 3 rings (SSSR count). The van der Waals surface area contributed by atoms with Crippen molar-refractivity contribution in [2.45, 2.75) is 0 Å². The largest absolute Gasteiger partial charge is 0.353 e. The van der Waals surface area contributed by atoms with Crippen LogP contribution >= 0.6 is 0 Å². The topological polar surface area (TPSA) is 86.2 Å². The second-order valence-corrected chi connectivity index (χ2v) is 4.14. The van der Waals surface area contributed by atoms with Gasteiger partial charge in [0.25, 0.3) is 0 Å². The SMILES string of the molecule is N#CCN1CCN(c2cncc3nnnn23)CC1. The van der Waals surface area contributed by atoms with E-state index in [1.165, 1.54) is 0 Å². The Labute approximate surface area is 103 Å². The van der Waals surface area contributed by atoms with Gasteiger partial charge in [0.2, 0.25) is 0 Å². The quantitative estimate of drug-likeness (QED) is 0.637. The molecule has 0 saturated carbocycles. The molecule has 0 unspecified atom stereocenters. The van der Waals surface area contributed by atoms with Crippen molar-refractivity contribution in [2.75, 3.05) is 37.6 Å². The highest BCUT2D eigenvalue weighted by atomic mass is 15.5. The number of nitriles is 1. The molecule has 1 aliphatic heterocycles. The van der Waals surface area contributed by atoms with E-state index < -0.39 is 0 Å². The highest BCUT2D eigenvalue weighted by Gasteiger charge is 2.19. The van der Waals surface area contributed by atoms with E-state index >= 15 is 0 Å². The Hall–Kier alpha value is -2.27. The van der Waals surface area contributed by atoms with Crippen molar-refractivity contribution in [3.8, 4) is 6.07 Å². The molecule has 8 heteroatoms. The first-order valence-corrected chi connectivity index (χ1v) is 5.75. The minimum atomic E-state index is 0.487. The van der Waals surface area contributed by atoms with Gasteiger partial charge in [0.1, 0.15) is 0 Å².